The molecule has 5 nitrogen and oxygen atoms in total. The number of furan rings is 1. The molecule has 0 aliphatic heterocycles. The smallest absolute Gasteiger partial charge is 0.336 e. The van der Waals surface area contributed by atoms with Crippen molar-refractivity contribution in [3.05, 3.63) is 47.4 Å². The molecule has 1 aromatic carbocycles. The topological polar surface area (TPSA) is 87.7 Å². The zero-order chi connectivity index (χ0) is 13.3. The molecule has 92 valence electrons. The Morgan fingerprint density at radius 2 is 1.83 bits per heavy atom. The normalized spacial score (nSPS) is 10.3. The van der Waals surface area contributed by atoms with E-state index in [1.54, 1.807) is 6.07 Å². The van der Waals surface area contributed by atoms with Crippen LogP contribution in [0, 0.1) is 6.92 Å². The van der Waals surface area contributed by atoms with Crippen molar-refractivity contribution >= 4 is 11.9 Å². The van der Waals surface area contributed by atoms with E-state index in [1.807, 2.05) is 0 Å². The van der Waals surface area contributed by atoms with Crippen molar-refractivity contribution in [2.24, 2.45) is 0 Å². The Labute approximate surface area is 102 Å². The average Bonchev–Trinajstić information content (AvgIpc) is 2.80. The lowest BCUT2D eigenvalue weighted by molar-refractivity contribution is 0.0696. The second-order valence-electron chi connectivity index (χ2n) is 3.78. The van der Waals surface area contributed by atoms with E-state index >= 15 is 0 Å². The van der Waals surface area contributed by atoms with Gasteiger partial charge in [-0.2, -0.15) is 0 Å². The second-order valence-corrected chi connectivity index (χ2v) is 3.78. The number of aromatic carboxylic acids is 2. The zero-order valence-corrected chi connectivity index (χ0v) is 9.51. The molecule has 0 spiro atoms. The zero-order valence-electron chi connectivity index (χ0n) is 9.51. The summed E-state index contributed by atoms with van der Waals surface area (Å²) < 4.78 is 4.91. The van der Waals surface area contributed by atoms with E-state index in [1.165, 1.54) is 31.6 Å². The third-order valence-electron chi connectivity index (χ3n) is 2.74. The van der Waals surface area contributed by atoms with Crippen molar-refractivity contribution in [3.63, 3.8) is 0 Å². The highest BCUT2D eigenvalue weighted by molar-refractivity contribution is 6.01. The summed E-state index contributed by atoms with van der Waals surface area (Å²) >= 11 is 0. The summed E-state index contributed by atoms with van der Waals surface area (Å²) in [6.45, 7) is 1.48. The van der Waals surface area contributed by atoms with Crippen LogP contribution >= 0.6 is 0 Å². The van der Waals surface area contributed by atoms with Crippen LogP contribution < -0.4 is 0 Å². The van der Waals surface area contributed by atoms with Gasteiger partial charge in [-0.3, -0.25) is 0 Å². The van der Waals surface area contributed by atoms with Crippen molar-refractivity contribution in [2.45, 2.75) is 6.92 Å². The van der Waals surface area contributed by atoms with Crippen LogP contribution in [-0.4, -0.2) is 22.2 Å². The van der Waals surface area contributed by atoms with E-state index in [9.17, 15) is 14.7 Å². The Kier molecular flexibility index (Phi) is 2.89. The van der Waals surface area contributed by atoms with Gasteiger partial charge in [-0.25, -0.2) is 9.59 Å². The van der Waals surface area contributed by atoms with Gasteiger partial charge in [0, 0.05) is 5.56 Å². The number of benzene rings is 1. The van der Waals surface area contributed by atoms with E-state index in [0.29, 0.717) is 11.1 Å². The lowest BCUT2D eigenvalue weighted by Crippen LogP contribution is -2.08. The number of rotatable bonds is 3. The standard InChI is InChI=1S/C13H10O5/c1-7-9(12(14)15)2-3-10(11(7)13(16)17)8-4-5-18-6-8/h2-6H,1H3,(H,14,15)(H,16,17). The van der Waals surface area contributed by atoms with Crippen LogP contribution in [0.2, 0.25) is 0 Å². The molecule has 18 heavy (non-hydrogen) atoms. The fourth-order valence-corrected chi connectivity index (χ4v) is 1.88. The van der Waals surface area contributed by atoms with Crippen LogP contribution in [0.3, 0.4) is 0 Å². The van der Waals surface area contributed by atoms with Gasteiger partial charge in [0.1, 0.15) is 0 Å². The fourth-order valence-electron chi connectivity index (χ4n) is 1.88. The van der Waals surface area contributed by atoms with Crippen molar-refractivity contribution in [2.75, 3.05) is 0 Å². The number of hydrogen-bond donors (Lipinski definition) is 2. The molecule has 2 N–H and O–H groups in total. The van der Waals surface area contributed by atoms with Crippen LogP contribution in [0.25, 0.3) is 11.1 Å². The summed E-state index contributed by atoms with van der Waals surface area (Å²) in [6, 6.07) is 4.50. The Morgan fingerprint density at radius 3 is 2.33 bits per heavy atom. The van der Waals surface area contributed by atoms with Gasteiger partial charge in [-0.05, 0) is 30.2 Å². The first-order chi connectivity index (χ1) is 8.52. The third kappa shape index (κ3) is 1.86. The highest BCUT2D eigenvalue weighted by atomic mass is 16.4. The molecule has 0 bridgehead atoms. The molecule has 0 fully saturated rings. The summed E-state index contributed by atoms with van der Waals surface area (Å²) in [5, 5.41) is 18.2. The molecule has 2 aromatic rings. The van der Waals surface area contributed by atoms with Crippen LogP contribution in [0.15, 0.2) is 35.1 Å². The van der Waals surface area contributed by atoms with Gasteiger partial charge in [0.15, 0.2) is 0 Å². The van der Waals surface area contributed by atoms with Gasteiger partial charge in [-0.1, -0.05) is 6.07 Å². The Balaban J connectivity index is 2.73. The number of carbonyl (C=O) groups is 2. The molecule has 0 unspecified atom stereocenters. The second kappa shape index (κ2) is 4.37. The lowest BCUT2D eigenvalue weighted by Gasteiger charge is -2.10. The molecule has 1 aromatic heterocycles. The summed E-state index contributed by atoms with van der Waals surface area (Å²) in [7, 11) is 0. The van der Waals surface area contributed by atoms with Gasteiger partial charge in [-0.15, -0.1) is 0 Å². The highest BCUT2D eigenvalue weighted by Gasteiger charge is 2.20. The summed E-state index contributed by atoms with van der Waals surface area (Å²) in [6.07, 6.45) is 2.85. The first-order valence-electron chi connectivity index (χ1n) is 5.15. The van der Waals surface area contributed by atoms with Crippen LogP contribution in [0.4, 0.5) is 0 Å². The van der Waals surface area contributed by atoms with Gasteiger partial charge < -0.3 is 14.6 Å². The average molecular weight is 246 g/mol. The Bertz CT molecular complexity index is 611. The summed E-state index contributed by atoms with van der Waals surface area (Å²) in [5.41, 5.74) is 1.25. The summed E-state index contributed by atoms with van der Waals surface area (Å²) in [4.78, 5) is 22.3. The maximum atomic E-state index is 11.3. The number of carboxylic acids is 2. The molecular weight excluding hydrogens is 236 g/mol. The molecule has 0 saturated heterocycles. The van der Waals surface area contributed by atoms with E-state index in [4.69, 9.17) is 9.52 Å². The molecule has 5 heteroatoms. The maximum Gasteiger partial charge on any atom is 0.336 e. The van der Waals surface area contributed by atoms with Crippen molar-refractivity contribution in [3.8, 4) is 11.1 Å². The van der Waals surface area contributed by atoms with Crippen molar-refractivity contribution in [1.82, 2.24) is 0 Å². The van der Waals surface area contributed by atoms with E-state index < -0.39 is 11.9 Å². The van der Waals surface area contributed by atoms with Crippen LogP contribution in [0.1, 0.15) is 26.3 Å². The predicted molar refractivity (Wildman–Crippen MR) is 62.8 cm³/mol. The molecule has 0 amide bonds. The molecule has 2 rings (SSSR count). The SMILES string of the molecule is Cc1c(C(=O)O)ccc(-c2ccoc2)c1C(=O)O. The van der Waals surface area contributed by atoms with Gasteiger partial charge in [0.25, 0.3) is 0 Å². The van der Waals surface area contributed by atoms with E-state index in [2.05, 4.69) is 0 Å². The minimum Gasteiger partial charge on any atom is -0.478 e. The van der Waals surface area contributed by atoms with Crippen LogP contribution in [-0.2, 0) is 0 Å². The first kappa shape index (κ1) is 11.9. The lowest BCUT2D eigenvalue weighted by atomic mass is 9.94. The molecular formula is C13H10O5. The molecule has 0 saturated carbocycles. The number of carboxylic acid groups (broad SMARTS) is 2. The largest absolute Gasteiger partial charge is 0.478 e. The van der Waals surface area contributed by atoms with Gasteiger partial charge in [0.2, 0.25) is 0 Å². The minimum atomic E-state index is -1.16. The molecule has 0 aliphatic carbocycles. The molecule has 0 atom stereocenters. The molecule has 1 heterocycles. The molecule has 0 radical (unpaired) electrons. The predicted octanol–water partition coefficient (Wildman–Crippen LogP) is 2.65. The quantitative estimate of drug-likeness (QED) is 0.869. The monoisotopic (exact) mass is 246 g/mol. The van der Waals surface area contributed by atoms with Gasteiger partial charge >= 0.3 is 11.9 Å². The first-order valence-corrected chi connectivity index (χ1v) is 5.15. The van der Waals surface area contributed by atoms with Crippen LogP contribution in [0.5, 0.6) is 0 Å². The van der Waals surface area contributed by atoms with E-state index in [-0.39, 0.29) is 16.7 Å². The van der Waals surface area contributed by atoms with Crippen molar-refractivity contribution < 1.29 is 24.2 Å². The maximum absolute atomic E-state index is 11.3. The minimum absolute atomic E-state index is 0.0142. The third-order valence-corrected chi connectivity index (χ3v) is 2.74. The number of hydrogen-bond acceptors (Lipinski definition) is 3. The Morgan fingerprint density at radius 1 is 1.11 bits per heavy atom. The summed E-state index contributed by atoms with van der Waals surface area (Å²) in [5.74, 6) is -2.31. The fraction of sp³-hybridized carbons (Fsp3) is 0.0769. The van der Waals surface area contributed by atoms with E-state index in [0.717, 1.165) is 0 Å². The Hall–Kier alpha value is -2.56. The molecule has 0 aliphatic rings. The van der Waals surface area contributed by atoms with Gasteiger partial charge in [0.05, 0.1) is 23.7 Å². The highest BCUT2D eigenvalue weighted by Crippen LogP contribution is 2.28. The van der Waals surface area contributed by atoms with Crippen molar-refractivity contribution in [1.29, 1.82) is 0 Å².